The Morgan fingerprint density at radius 3 is 2.82 bits per heavy atom. The lowest BCUT2D eigenvalue weighted by atomic mass is 10.1. The van der Waals surface area contributed by atoms with E-state index >= 15 is 0 Å². The Bertz CT molecular complexity index is 693. The quantitative estimate of drug-likeness (QED) is 0.754. The maximum absolute atomic E-state index is 5.65. The van der Waals surface area contributed by atoms with Crippen LogP contribution in [0, 0.1) is 13.8 Å². The van der Waals surface area contributed by atoms with E-state index in [4.69, 9.17) is 5.73 Å². The van der Waals surface area contributed by atoms with Gasteiger partial charge in [-0.3, -0.25) is 4.40 Å². The van der Waals surface area contributed by atoms with Gasteiger partial charge in [-0.2, -0.15) is 0 Å². The molecule has 0 atom stereocenters. The molecule has 0 bridgehead atoms. The average molecular weight is 245 g/mol. The third-order valence-corrected chi connectivity index (χ3v) is 4.10. The van der Waals surface area contributed by atoms with Gasteiger partial charge in [0.25, 0.3) is 0 Å². The predicted molar refractivity (Wildman–Crippen MR) is 72.8 cm³/mol. The second-order valence-corrected chi connectivity index (χ2v) is 5.26. The highest BCUT2D eigenvalue weighted by molar-refractivity contribution is 7.15. The fraction of sp³-hybridized carbons (Fsp3) is 0.308. The van der Waals surface area contributed by atoms with Crippen LogP contribution in [0.15, 0.2) is 17.5 Å². The molecule has 3 rings (SSSR count). The van der Waals surface area contributed by atoms with Crippen molar-refractivity contribution >= 4 is 27.3 Å². The zero-order chi connectivity index (χ0) is 12.0. The molecule has 2 aromatic heterocycles. The Hall–Kier alpha value is -1.39. The summed E-state index contributed by atoms with van der Waals surface area (Å²) in [4.78, 5) is 5.72. The van der Waals surface area contributed by atoms with Crippen LogP contribution in [-0.2, 0) is 6.42 Å². The van der Waals surface area contributed by atoms with E-state index in [0.717, 1.165) is 16.9 Å². The first-order valence-electron chi connectivity index (χ1n) is 5.76. The van der Waals surface area contributed by atoms with E-state index in [1.807, 2.05) is 0 Å². The Labute approximate surface area is 104 Å². The number of hydrogen-bond donors (Lipinski definition) is 1. The average Bonchev–Trinajstić information content (AvgIpc) is 2.81. The highest BCUT2D eigenvalue weighted by Crippen LogP contribution is 2.26. The van der Waals surface area contributed by atoms with Gasteiger partial charge in [-0.05, 0) is 43.7 Å². The summed E-state index contributed by atoms with van der Waals surface area (Å²) in [6.45, 7) is 4.95. The third kappa shape index (κ3) is 1.56. The molecule has 3 aromatic rings. The highest BCUT2D eigenvalue weighted by Gasteiger charge is 2.11. The zero-order valence-electron chi connectivity index (χ0n) is 10.0. The van der Waals surface area contributed by atoms with Crippen LogP contribution < -0.4 is 5.73 Å². The number of nitrogens with two attached hydrogens (primary N) is 1. The molecule has 0 unspecified atom stereocenters. The molecule has 2 N–H and O–H groups in total. The summed E-state index contributed by atoms with van der Waals surface area (Å²) in [7, 11) is 0. The number of imidazole rings is 1. The number of aryl methyl sites for hydroxylation is 2. The molecule has 0 aliphatic rings. The summed E-state index contributed by atoms with van der Waals surface area (Å²) in [6.07, 6.45) is 0.901. The maximum atomic E-state index is 5.65. The number of nitrogens with zero attached hydrogens (tertiary/aromatic N) is 2. The molecule has 0 amide bonds. The Morgan fingerprint density at radius 1 is 1.29 bits per heavy atom. The van der Waals surface area contributed by atoms with Gasteiger partial charge in [0, 0.05) is 17.5 Å². The monoisotopic (exact) mass is 245 g/mol. The predicted octanol–water partition coefficient (Wildman–Crippen LogP) is 2.67. The van der Waals surface area contributed by atoms with Crippen molar-refractivity contribution < 1.29 is 0 Å². The van der Waals surface area contributed by atoms with Crippen molar-refractivity contribution in [3.05, 3.63) is 34.3 Å². The summed E-state index contributed by atoms with van der Waals surface area (Å²) in [5, 5.41) is 2.16. The smallest absolute Gasteiger partial charge is 0.194 e. The standard InChI is InChI=1S/C13H15N3S/c1-8-5-11-12(6-9(8)2)16-10(3-4-14)7-17-13(16)15-11/h5-7H,3-4,14H2,1-2H3. The van der Waals surface area contributed by atoms with Crippen molar-refractivity contribution in [3.8, 4) is 0 Å². The molecular formula is C13H15N3S. The van der Waals surface area contributed by atoms with Crippen LogP contribution in [0.3, 0.4) is 0 Å². The van der Waals surface area contributed by atoms with Gasteiger partial charge in [-0.1, -0.05) is 0 Å². The minimum absolute atomic E-state index is 0.677. The Kier molecular flexibility index (Phi) is 2.42. The van der Waals surface area contributed by atoms with E-state index in [0.29, 0.717) is 6.54 Å². The molecule has 0 radical (unpaired) electrons. The highest BCUT2D eigenvalue weighted by atomic mass is 32.1. The topological polar surface area (TPSA) is 43.3 Å². The fourth-order valence-corrected chi connectivity index (χ4v) is 3.10. The number of thiazole rings is 1. The van der Waals surface area contributed by atoms with Gasteiger partial charge in [0.2, 0.25) is 0 Å². The lowest BCUT2D eigenvalue weighted by Crippen LogP contribution is -2.04. The number of rotatable bonds is 2. The minimum atomic E-state index is 0.677. The van der Waals surface area contributed by atoms with Crippen molar-refractivity contribution in [1.29, 1.82) is 0 Å². The molecule has 1 aromatic carbocycles. The summed E-state index contributed by atoms with van der Waals surface area (Å²) in [6, 6.07) is 4.38. The first kappa shape index (κ1) is 10.7. The molecule has 0 spiro atoms. The van der Waals surface area contributed by atoms with Crippen LogP contribution in [0.1, 0.15) is 16.8 Å². The largest absolute Gasteiger partial charge is 0.330 e. The molecule has 3 nitrogen and oxygen atoms in total. The Morgan fingerprint density at radius 2 is 2.06 bits per heavy atom. The second kappa shape index (κ2) is 3.82. The minimum Gasteiger partial charge on any atom is -0.330 e. The van der Waals surface area contributed by atoms with Crippen LogP contribution in [-0.4, -0.2) is 15.9 Å². The second-order valence-electron chi connectivity index (χ2n) is 4.42. The number of aromatic nitrogens is 2. The third-order valence-electron chi connectivity index (χ3n) is 3.23. The molecule has 2 heterocycles. The number of fused-ring (bicyclic) bond motifs is 3. The molecule has 4 heteroatoms. The van der Waals surface area contributed by atoms with Crippen LogP contribution >= 0.6 is 11.3 Å². The lowest BCUT2D eigenvalue weighted by molar-refractivity contribution is 0.918. The molecule has 0 saturated carbocycles. The summed E-state index contributed by atoms with van der Waals surface area (Å²) in [5.74, 6) is 0. The van der Waals surface area contributed by atoms with Gasteiger partial charge >= 0.3 is 0 Å². The van der Waals surface area contributed by atoms with Crippen molar-refractivity contribution in [3.63, 3.8) is 0 Å². The molecular weight excluding hydrogens is 230 g/mol. The van der Waals surface area contributed by atoms with E-state index in [9.17, 15) is 0 Å². The summed E-state index contributed by atoms with van der Waals surface area (Å²) >= 11 is 1.69. The molecule has 0 fully saturated rings. The van der Waals surface area contributed by atoms with Gasteiger partial charge in [-0.25, -0.2) is 4.98 Å². The van der Waals surface area contributed by atoms with Gasteiger partial charge < -0.3 is 5.73 Å². The van der Waals surface area contributed by atoms with Crippen LogP contribution in [0.2, 0.25) is 0 Å². The summed E-state index contributed by atoms with van der Waals surface area (Å²) < 4.78 is 2.24. The van der Waals surface area contributed by atoms with Crippen molar-refractivity contribution in [2.24, 2.45) is 5.73 Å². The first-order chi connectivity index (χ1) is 8.20. The normalized spacial score (nSPS) is 11.7. The van der Waals surface area contributed by atoms with Gasteiger partial charge in [0.1, 0.15) is 0 Å². The maximum Gasteiger partial charge on any atom is 0.194 e. The molecule has 0 saturated heterocycles. The van der Waals surface area contributed by atoms with Crippen molar-refractivity contribution in [2.75, 3.05) is 6.54 Å². The van der Waals surface area contributed by atoms with E-state index in [-0.39, 0.29) is 0 Å². The van der Waals surface area contributed by atoms with Gasteiger partial charge in [0.05, 0.1) is 11.0 Å². The lowest BCUT2D eigenvalue weighted by Gasteiger charge is -2.01. The van der Waals surface area contributed by atoms with E-state index in [2.05, 4.69) is 40.7 Å². The zero-order valence-corrected chi connectivity index (χ0v) is 10.8. The molecule has 0 aliphatic carbocycles. The molecule has 88 valence electrons. The Balaban J connectivity index is 2.38. The number of hydrogen-bond acceptors (Lipinski definition) is 3. The van der Waals surface area contributed by atoms with E-state index in [1.165, 1.54) is 22.3 Å². The van der Waals surface area contributed by atoms with Crippen molar-refractivity contribution in [2.45, 2.75) is 20.3 Å². The molecule has 0 aliphatic heterocycles. The SMILES string of the molecule is Cc1cc2nc3scc(CCN)n3c2cc1C. The van der Waals surface area contributed by atoms with E-state index < -0.39 is 0 Å². The van der Waals surface area contributed by atoms with Gasteiger partial charge in [-0.15, -0.1) is 11.3 Å². The summed E-state index contributed by atoms with van der Waals surface area (Å²) in [5.41, 5.74) is 11.8. The van der Waals surface area contributed by atoms with Crippen molar-refractivity contribution in [1.82, 2.24) is 9.38 Å². The van der Waals surface area contributed by atoms with Gasteiger partial charge in [0.15, 0.2) is 4.96 Å². The van der Waals surface area contributed by atoms with Crippen LogP contribution in [0.4, 0.5) is 0 Å². The van der Waals surface area contributed by atoms with E-state index in [1.54, 1.807) is 11.3 Å². The van der Waals surface area contributed by atoms with Crippen LogP contribution in [0.5, 0.6) is 0 Å². The first-order valence-corrected chi connectivity index (χ1v) is 6.64. The van der Waals surface area contributed by atoms with Crippen LogP contribution in [0.25, 0.3) is 16.0 Å². The fourth-order valence-electron chi connectivity index (χ4n) is 2.16. The molecule has 17 heavy (non-hydrogen) atoms. The number of benzene rings is 1.